The number of ether oxygens (including phenoxy) is 2. The highest BCUT2D eigenvalue weighted by atomic mass is 16.6. The normalized spacial score (nSPS) is 16.4. The summed E-state index contributed by atoms with van der Waals surface area (Å²) in [5.74, 6) is -0.133. The molecule has 2 aliphatic rings. The van der Waals surface area contributed by atoms with Crippen molar-refractivity contribution >= 4 is 23.2 Å². The topological polar surface area (TPSA) is 67.9 Å². The molecule has 2 amide bonds. The molecule has 6 nitrogen and oxygen atoms in total. The summed E-state index contributed by atoms with van der Waals surface area (Å²) in [6.45, 7) is 3.06. The smallest absolute Gasteiger partial charge is 0.294 e. The number of carbonyl (C=O) groups is 2. The number of rotatable bonds is 2. The molecule has 0 unspecified atom stereocenters. The zero-order valence-corrected chi connectivity index (χ0v) is 11.7. The number of benzene rings is 1. The zero-order valence-electron chi connectivity index (χ0n) is 11.7. The van der Waals surface area contributed by atoms with E-state index in [1.807, 2.05) is 12.1 Å². The van der Waals surface area contributed by atoms with E-state index < -0.39 is 0 Å². The fourth-order valence-electron chi connectivity index (χ4n) is 2.49. The lowest BCUT2D eigenvalue weighted by Gasteiger charge is -2.16. The number of carbonyl (C=O) groups excluding carboxylic acids is 2. The van der Waals surface area contributed by atoms with Crippen molar-refractivity contribution in [1.29, 1.82) is 0 Å². The first-order valence-electron chi connectivity index (χ1n) is 6.82. The van der Waals surface area contributed by atoms with Crippen LogP contribution in [0.5, 0.6) is 0 Å². The molecule has 0 saturated heterocycles. The standard InChI is InChI=1S/C15H16N2O4/c1-10(18)17-5-4-11-8-12(2-3-13(11)17)16-15(19)14-9-20-6-7-21-14/h2-3,8-9H,4-7H2,1H3,(H,16,19). The Labute approximate surface area is 122 Å². The lowest BCUT2D eigenvalue weighted by molar-refractivity contribution is -0.117. The first kappa shape index (κ1) is 13.5. The number of fused-ring (bicyclic) bond motifs is 1. The highest BCUT2D eigenvalue weighted by molar-refractivity contribution is 6.02. The van der Waals surface area contributed by atoms with Crippen LogP contribution in [0.4, 0.5) is 11.4 Å². The summed E-state index contributed by atoms with van der Waals surface area (Å²) in [4.78, 5) is 25.2. The van der Waals surface area contributed by atoms with Gasteiger partial charge in [-0.1, -0.05) is 0 Å². The lowest BCUT2D eigenvalue weighted by Crippen LogP contribution is -2.25. The molecule has 6 heteroatoms. The average molecular weight is 288 g/mol. The molecule has 0 bridgehead atoms. The van der Waals surface area contributed by atoms with Gasteiger partial charge in [0.2, 0.25) is 11.7 Å². The molecule has 0 aromatic heterocycles. The van der Waals surface area contributed by atoms with E-state index in [0.29, 0.717) is 25.4 Å². The Morgan fingerprint density at radius 2 is 2.14 bits per heavy atom. The Balaban J connectivity index is 1.75. The van der Waals surface area contributed by atoms with Crippen LogP contribution in [0.25, 0.3) is 0 Å². The Morgan fingerprint density at radius 1 is 1.29 bits per heavy atom. The second-order valence-corrected chi connectivity index (χ2v) is 4.92. The Bertz CT molecular complexity index is 624. The second-order valence-electron chi connectivity index (χ2n) is 4.92. The van der Waals surface area contributed by atoms with Gasteiger partial charge in [-0.3, -0.25) is 9.59 Å². The van der Waals surface area contributed by atoms with Gasteiger partial charge in [-0.25, -0.2) is 0 Å². The third-order valence-corrected chi connectivity index (χ3v) is 3.49. The van der Waals surface area contributed by atoms with E-state index in [1.54, 1.807) is 17.9 Å². The Hall–Kier alpha value is -2.50. The summed E-state index contributed by atoms with van der Waals surface area (Å²) in [5.41, 5.74) is 2.65. The molecule has 0 fully saturated rings. The summed E-state index contributed by atoms with van der Waals surface area (Å²) >= 11 is 0. The second kappa shape index (κ2) is 5.47. The molecule has 1 aromatic rings. The van der Waals surface area contributed by atoms with E-state index in [2.05, 4.69) is 5.32 Å². The van der Waals surface area contributed by atoms with Crippen molar-refractivity contribution in [1.82, 2.24) is 0 Å². The van der Waals surface area contributed by atoms with Gasteiger partial charge in [-0.05, 0) is 30.2 Å². The minimum Gasteiger partial charge on any atom is -0.494 e. The number of nitrogens with one attached hydrogen (secondary N) is 1. The Morgan fingerprint density at radius 3 is 2.86 bits per heavy atom. The van der Waals surface area contributed by atoms with Gasteiger partial charge in [0.25, 0.3) is 5.91 Å². The SMILES string of the molecule is CC(=O)N1CCc2cc(NC(=O)C3=COCCO3)ccc21. The predicted molar refractivity (Wildman–Crippen MR) is 76.8 cm³/mol. The highest BCUT2D eigenvalue weighted by Crippen LogP contribution is 2.30. The number of amides is 2. The molecule has 21 heavy (non-hydrogen) atoms. The van der Waals surface area contributed by atoms with Gasteiger partial charge in [0.15, 0.2) is 0 Å². The molecule has 1 N–H and O–H groups in total. The van der Waals surface area contributed by atoms with Crippen molar-refractivity contribution in [3.63, 3.8) is 0 Å². The predicted octanol–water partition coefficient (Wildman–Crippen LogP) is 1.42. The van der Waals surface area contributed by atoms with Crippen molar-refractivity contribution in [2.75, 3.05) is 30.0 Å². The Kier molecular flexibility index (Phi) is 3.51. The van der Waals surface area contributed by atoms with Gasteiger partial charge in [0.1, 0.15) is 19.5 Å². The van der Waals surface area contributed by atoms with Crippen LogP contribution in [0, 0.1) is 0 Å². The number of nitrogens with zero attached hydrogens (tertiary/aromatic N) is 1. The molecule has 1 aromatic carbocycles. The molecule has 0 radical (unpaired) electrons. The number of hydrogen-bond acceptors (Lipinski definition) is 4. The van der Waals surface area contributed by atoms with Crippen molar-refractivity contribution < 1.29 is 19.1 Å². The van der Waals surface area contributed by atoms with E-state index in [-0.39, 0.29) is 17.6 Å². The van der Waals surface area contributed by atoms with Crippen LogP contribution < -0.4 is 10.2 Å². The third kappa shape index (κ3) is 2.69. The minimum atomic E-state index is -0.337. The van der Waals surface area contributed by atoms with Crippen molar-refractivity contribution in [2.24, 2.45) is 0 Å². The zero-order chi connectivity index (χ0) is 14.8. The summed E-state index contributed by atoms with van der Waals surface area (Å²) in [7, 11) is 0. The van der Waals surface area contributed by atoms with Crippen LogP contribution in [0.1, 0.15) is 12.5 Å². The molecule has 0 atom stereocenters. The average Bonchev–Trinajstić information content (AvgIpc) is 2.91. The van der Waals surface area contributed by atoms with E-state index in [4.69, 9.17) is 9.47 Å². The van der Waals surface area contributed by atoms with Crippen LogP contribution in [-0.2, 0) is 25.5 Å². The molecule has 0 spiro atoms. The van der Waals surface area contributed by atoms with E-state index in [9.17, 15) is 9.59 Å². The largest absolute Gasteiger partial charge is 0.494 e. The van der Waals surface area contributed by atoms with E-state index in [1.165, 1.54) is 6.26 Å². The van der Waals surface area contributed by atoms with Crippen LogP contribution in [0.2, 0.25) is 0 Å². The molecule has 110 valence electrons. The van der Waals surface area contributed by atoms with Gasteiger partial charge >= 0.3 is 0 Å². The van der Waals surface area contributed by atoms with Gasteiger partial charge < -0.3 is 19.7 Å². The molecule has 0 saturated carbocycles. The van der Waals surface area contributed by atoms with Gasteiger partial charge in [-0.15, -0.1) is 0 Å². The van der Waals surface area contributed by atoms with Crippen LogP contribution in [-0.4, -0.2) is 31.6 Å². The fraction of sp³-hybridized carbons (Fsp3) is 0.333. The minimum absolute atomic E-state index is 0.0310. The van der Waals surface area contributed by atoms with Crippen LogP contribution >= 0.6 is 0 Å². The molecule has 0 aliphatic carbocycles. The maximum absolute atomic E-state index is 12.0. The maximum Gasteiger partial charge on any atom is 0.294 e. The molecular weight excluding hydrogens is 272 g/mol. The molecule has 2 heterocycles. The van der Waals surface area contributed by atoms with E-state index >= 15 is 0 Å². The number of anilines is 2. The van der Waals surface area contributed by atoms with Crippen molar-refractivity contribution in [2.45, 2.75) is 13.3 Å². The fourth-order valence-corrected chi connectivity index (χ4v) is 2.49. The van der Waals surface area contributed by atoms with Gasteiger partial charge in [0.05, 0.1) is 0 Å². The molecule has 2 aliphatic heterocycles. The summed E-state index contributed by atoms with van der Waals surface area (Å²) < 4.78 is 10.3. The first-order chi connectivity index (χ1) is 10.1. The van der Waals surface area contributed by atoms with Crippen molar-refractivity contribution in [3.8, 4) is 0 Å². The molecular formula is C15H16N2O4. The third-order valence-electron chi connectivity index (χ3n) is 3.49. The first-order valence-corrected chi connectivity index (χ1v) is 6.82. The van der Waals surface area contributed by atoms with Crippen molar-refractivity contribution in [3.05, 3.63) is 35.8 Å². The van der Waals surface area contributed by atoms with Gasteiger partial charge in [-0.2, -0.15) is 0 Å². The summed E-state index contributed by atoms with van der Waals surface area (Å²) in [6, 6.07) is 5.52. The molecule has 3 rings (SSSR count). The summed E-state index contributed by atoms with van der Waals surface area (Å²) in [6.07, 6.45) is 2.12. The summed E-state index contributed by atoms with van der Waals surface area (Å²) in [5, 5.41) is 2.77. The quantitative estimate of drug-likeness (QED) is 0.893. The number of hydrogen-bond donors (Lipinski definition) is 1. The van der Waals surface area contributed by atoms with Crippen LogP contribution in [0.3, 0.4) is 0 Å². The van der Waals surface area contributed by atoms with E-state index in [0.717, 1.165) is 17.7 Å². The van der Waals surface area contributed by atoms with Crippen LogP contribution in [0.15, 0.2) is 30.2 Å². The monoisotopic (exact) mass is 288 g/mol. The lowest BCUT2D eigenvalue weighted by atomic mass is 10.1. The van der Waals surface area contributed by atoms with Gasteiger partial charge in [0, 0.05) is 24.8 Å². The maximum atomic E-state index is 12.0. The highest BCUT2D eigenvalue weighted by Gasteiger charge is 2.23.